The summed E-state index contributed by atoms with van der Waals surface area (Å²) in [5.41, 5.74) is 4.58. The zero-order chi connectivity index (χ0) is 24.2. The molecular weight excluding hydrogens is 432 g/mol. The highest BCUT2D eigenvalue weighted by molar-refractivity contribution is 5.98. The van der Waals surface area contributed by atoms with E-state index >= 15 is 0 Å². The summed E-state index contributed by atoms with van der Waals surface area (Å²) in [6.07, 6.45) is 3.36. The number of benzene rings is 3. The van der Waals surface area contributed by atoms with Crippen LogP contribution in [-0.4, -0.2) is 54.4 Å². The fraction of sp³-hybridized carbons (Fsp3) is 0.367. The molecule has 3 aromatic rings. The average Bonchev–Trinajstić information content (AvgIpc) is 2.92. The van der Waals surface area contributed by atoms with Crippen molar-refractivity contribution >= 4 is 17.2 Å². The largest absolute Gasteiger partial charge is 0.453 e. The molecule has 2 aliphatic rings. The number of piperidine rings is 1. The monoisotopic (exact) mass is 468 g/mol. The second-order valence-electron chi connectivity index (χ2n) is 9.45. The van der Waals surface area contributed by atoms with Gasteiger partial charge in [-0.2, -0.15) is 0 Å². The number of nitrogens with zero attached hydrogens (tertiary/aromatic N) is 3. The fourth-order valence-corrected chi connectivity index (χ4v) is 5.38. The Bertz CT molecular complexity index is 1150. The van der Waals surface area contributed by atoms with Crippen molar-refractivity contribution in [2.24, 2.45) is 0 Å². The Labute approximate surface area is 209 Å². The molecule has 182 valence electrons. The number of ether oxygens (including phenoxy) is 1. The van der Waals surface area contributed by atoms with Crippen molar-refractivity contribution in [3.8, 4) is 11.5 Å². The van der Waals surface area contributed by atoms with Gasteiger partial charge >= 0.3 is 0 Å². The SMILES string of the molecule is CCN(CC)C(=N)c1ccc2c(c1)Oc1ccccc1N2C1CCN(CCc2ccccc2)CC1. The highest BCUT2D eigenvalue weighted by atomic mass is 16.5. The van der Waals surface area contributed by atoms with Gasteiger partial charge in [0.05, 0.1) is 11.4 Å². The van der Waals surface area contributed by atoms with Crippen LogP contribution in [0.4, 0.5) is 11.4 Å². The number of amidine groups is 1. The third-order valence-electron chi connectivity index (χ3n) is 7.40. The van der Waals surface area contributed by atoms with Crippen molar-refractivity contribution in [1.82, 2.24) is 9.80 Å². The zero-order valence-corrected chi connectivity index (χ0v) is 20.9. The maximum Gasteiger partial charge on any atom is 0.151 e. The summed E-state index contributed by atoms with van der Waals surface area (Å²) in [7, 11) is 0. The van der Waals surface area contributed by atoms with Crippen molar-refractivity contribution in [3.63, 3.8) is 0 Å². The molecular formula is C30H36N4O. The number of hydrogen-bond donors (Lipinski definition) is 1. The smallest absolute Gasteiger partial charge is 0.151 e. The van der Waals surface area contributed by atoms with Gasteiger partial charge in [-0.1, -0.05) is 42.5 Å². The van der Waals surface area contributed by atoms with Gasteiger partial charge in [0.15, 0.2) is 11.5 Å². The molecule has 0 aliphatic carbocycles. The molecule has 5 heteroatoms. The molecule has 5 nitrogen and oxygen atoms in total. The van der Waals surface area contributed by atoms with Crippen LogP contribution in [0.3, 0.4) is 0 Å². The van der Waals surface area contributed by atoms with E-state index in [2.05, 4.69) is 89.2 Å². The molecule has 0 saturated carbocycles. The molecule has 1 fully saturated rings. The van der Waals surface area contributed by atoms with Crippen LogP contribution in [0.15, 0.2) is 72.8 Å². The Balaban J connectivity index is 1.34. The van der Waals surface area contributed by atoms with Gasteiger partial charge in [0, 0.05) is 44.3 Å². The normalized spacial score (nSPS) is 15.8. The molecule has 0 radical (unpaired) electrons. The van der Waals surface area contributed by atoms with Gasteiger partial charge < -0.3 is 19.4 Å². The Morgan fingerprint density at radius 2 is 1.57 bits per heavy atom. The molecule has 35 heavy (non-hydrogen) atoms. The van der Waals surface area contributed by atoms with Crippen molar-refractivity contribution in [3.05, 3.63) is 83.9 Å². The second kappa shape index (κ2) is 10.5. The van der Waals surface area contributed by atoms with E-state index in [-0.39, 0.29) is 0 Å². The molecule has 2 aliphatic heterocycles. The minimum atomic E-state index is 0.430. The molecule has 0 aromatic heterocycles. The summed E-state index contributed by atoms with van der Waals surface area (Å²) in [6, 6.07) is 25.9. The molecule has 1 saturated heterocycles. The first-order valence-corrected chi connectivity index (χ1v) is 13.0. The molecule has 5 rings (SSSR count). The Kier molecular flexibility index (Phi) is 7.05. The van der Waals surface area contributed by atoms with Gasteiger partial charge in [-0.3, -0.25) is 5.41 Å². The molecule has 0 unspecified atom stereocenters. The molecule has 0 bridgehead atoms. The van der Waals surface area contributed by atoms with Gasteiger partial charge in [-0.15, -0.1) is 0 Å². The predicted octanol–water partition coefficient (Wildman–Crippen LogP) is 6.30. The van der Waals surface area contributed by atoms with Crippen LogP contribution >= 0.6 is 0 Å². The first-order chi connectivity index (χ1) is 17.2. The molecule has 0 atom stereocenters. The predicted molar refractivity (Wildman–Crippen MR) is 144 cm³/mol. The van der Waals surface area contributed by atoms with Gasteiger partial charge in [0.1, 0.15) is 5.84 Å². The van der Waals surface area contributed by atoms with E-state index in [1.807, 2.05) is 12.1 Å². The molecule has 2 heterocycles. The van der Waals surface area contributed by atoms with E-state index in [0.29, 0.717) is 11.9 Å². The molecule has 0 amide bonds. The summed E-state index contributed by atoms with van der Waals surface area (Å²) < 4.78 is 6.38. The number of rotatable bonds is 7. The lowest BCUT2D eigenvalue weighted by molar-refractivity contribution is 0.214. The summed E-state index contributed by atoms with van der Waals surface area (Å²) in [4.78, 5) is 7.17. The standard InChI is InChI=1S/C30H36N4O/c1-3-33(4-2)30(31)24-14-15-27-29(22-24)35-28-13-9-8-12-26(28)34(27)25-17-20-32(21-18-25)19-16-23-10-6-5-7-11-23/h5-15,22,25,31H,3-4,16-21H2,1-2H3. The van der Waals surface area contributed by atoms with Crippen LogP contribution in [0.5, 0.6) is 11.5 Å². The maximum absolute atomic E-state index is 8.67. The molecule has 1 N–H and O–H groups in total. The quantitative estimate of drug-likeness (QED) is 0.326. The number of hydrogen-bond acceptors (Lipinski definition) is 4. The van der Waals surface area contributed by atoms with Crippen molar-refractivity contribution in [1.29, 1.82) is 5.41 Å². The number of likely N-dealkylation sites (tertiary alicyclic amines) is 1. The van der Waals surface area contributed by atoms with Crippen molar-refractivity contribution in [2.45, 2.75) is 39.2 Å². The van der Waals surface area contributed by atoms with E-state index in [1.165, 1.54) is 5.56 Å². The van der Waals surface area contributed by atoms with Crippen LogP contribution in [-0.2, 0) is 6.42 Å². The van der Waals surface area contributed by atoms with E-state index in [0.717, 1.165) is 80.4 Å². The number of nitrogens with one attached hydrogen (secondary N) is 1. The van der Waals surface area contributed by atoms with Crippen LogP contribution < -0.4 is 9.64 Å². The Morgan fingerprint density at radius 1 is 0.886 bits per heavy atom. The van der Waals surface area contributed by atoms with Crippen molar-refractivity contribution < 1.29 is 4.74 Å². The van der Waals surface area contributed by atoms with Gasteiger partial charge in [-0.05, 0) is 69.0 Å². The van der Waals surface area contributed by atoms with Crippen LogP contribution in [0.2, 0.25) is 0 Å². The topological polar surface area (TPSA) is 42.8 Å². The van der Waals surface area contributed by atoms with Gasteiger partial charge in [0.2, 0.25) is 0 Å². The van der Waals surface area contributed by atoms with E-state index in [9.17, 15) is 0 Å². The number of para-hydroxylation sites is 2. The van der Waals surface area contributed by atoms with Crippen LogP contribution in [0.25, 0.3) is 0 Å². The highest BCUT2D eigenvalue weighted by Crippen LogP contribution is 2.49. The Hall–Kier alpha value is -3.31. The van der Waals surface area contributed by atoms with E-state index in [4.69, 9.17) is 10.1 Å². The summed E-state index contributed by atoms with van der Waals surface area (Å²) in [5.74, 6) is 2.31. The Morgan fingerprint density at radius 3 is 2.31 bits per heavy atom. The molecule has 0 spiro atoms. The van der Waals surface area contributed by atoms with Crippen molar-refractivity contribution in [2.75, 3.05) is 37.6 Å². The molecule has 3 aromatic carbocycles. The third kappa shape index (κ3) is 4.92. The minimum absolute atomic E-state index is 0.430. The van der Waals surface area contributed by atoms with Crippen LogP contribution in [0.1, 0.15) is 37.8 Å². The number of fused-ring (bicyclic) bond motifs is 2. The first-order valence-electron chi connectivity index (χ1n) is 13.0. The zero-order valence-electron chi connectivity index (χ0n) is 20.9. The van der Waals surface area contributed by atoms with E-state index in [1.54, 1.807) is 0 Å². The lowest BCUT2D eigenvalue weighted by Gasteiger charge is -2.42. The minimum Gasteiger partial charge on any atom is -0.453 e. The lowest BCUT2D eigenvalue weighted by Crippen LogP contribution is -2.44. The fourth-order valence-electron chi connectivity index (χ4n) is 5.38. The van der Waals surface area contributed by atoms with E-state index < -0.39 is 0 Å². The maximum atomic E-state index is 8.67. The second-order valence-corrected chi connectivity index (χ2v) is 9.45. The number of anilines is 2. The summed E-state index contributed by atoms with van der Waals surface area (Å²) >= 11 is 0. The summed E-state index contributed by atoms with van der Waals surface area (Å²) in [5, 5.41) is 8.67. The lowest BCUT2D eigenvalue weighted by atomic mass is 9.98. The van der Waals surface area contributed by atoms with Gasteiger partial charge in [0.25, 0.3) is 0 Å². The highest BCUT2D eigenvalue weighted by Gasteiger charge is 2.32. The third-order valence-corrected chi connectivity index (χ3v) is 7.40. The first kappa shape index (κ1) is 23.4. The average molecular weight is 469 g/mol. The summed E-state index contributed by atoms with van der Waals surface area (Å²) in [6.45, 7) is 9.17. The van der Waals surface area contributed by atoms with Crippen LogP contribution in [0, 0.1) is 5.41 Å². The van der Waals surface area contributed by atoms with Gasteiger partial charge in [-0.25, -0.2) is 0 Å².